The summed E-state index contributed by atoms with van der Waals surface area (Å²) < 4.78 is 20.5. The zero-order chi connectivity index (χ0) is 30.9. The number of aliphatic hydroxyl groups excluding tert-OH is 3. The van der Waals surface area contributed by atoms with Gasteiger partial charge in [0.05, 0.1) is 32.6 Å². The molecule has 0 amide bonds. The molecule has 0 aromatic carbocycles. The van der Waals surface area contributed by atoms with E-state index >= 15 is 0 Å². The minimum atomic E-state index is -1.94. The van der Waals surface area contributed by atoms with Gasteiger partial charge < -0.3 is 29.2 Å². The van der Waals surface area contributed by atoms with Crippen LogP contribution in [0.3, 0.4) is 0 Å². The van der Waals surface area contributed by atoms with Crippen molar-refractivity contribution in [2.45, 2.75) is 88.6 Å². The van der Waals surface area contributed by atoms with Crippen LogP contribution in [0.15, 0.2) is 31.6 Å². The fourth-order valence-corrected chi connectivity index (χ4v) is 5.83. The van der Waals surface area contributed by atoms with Crippen molar-refractivity contribution in [3.63, 3.8) is 0 Å². The summed E-state index contributed by atoms with van der Waals surface area (Å²) in [5, 5.41) is 28.8. The van der Waals surface area contributed by atoms with E-state index in [0.717, 1.165) is 0 Å². The molecule has 6 atom stereocenters. The van der Waals surface area contributed by atoms with Gasteiger partial charge in [-0.05, 0) is 63.3 Å². The first kappa shape index (κ1) is 42.7. The first-order valence-electron chi connectivity index (χ1n) is 12.9. The monoisotopic (exact) mass is 1280 g/mol. The molecule has 2 aliphatic heterocycles. The summed E-state index contributed by atoms with van der Waals surface area (Å²) in [5.41, 5.74) is -2.01. The maximum atomic E-state index is 12.0. The molecule has 4 rings (SSSR count). The molecule has 2 fully saturated rings. The second-order valence-corrected chi connectivity index (χ2v) is 18.5. The zero-order valence-corrected chi connectivity index (χ0v) is 39.3. The van der Waals surface area contributed by atoms with Gasteiger partial charge in [0.15, 0.2) is 8.32 Å². The minimum absolute atomic E-state index is 0. The Kier molecular flexibility index (Phi) is 17.8. The third-order valence-corrected chi connectivity index (χ3v) is 13.5. The SMILES string of the molecule is CC(C)(C)[Si](C)(C)OC[C@H]1O[C@@H](n2cc(I)c(=O)[nH]c2=O)C[C@H]1O.O=c1[nH]c(=O)n([C@H]2C[C@@H](O)[C@@H](CO)O2)cc1I.[Ac].[Ac]. The molecule has 43 heavy (non-hydrogen) atoms. The first-order chi connectivity index (χ1) is 18.9. The maximum absolute atomic E-state index is 12.0. The average molecular weight is 1280 g/mol. The Hall–Kier alpha value is 1.68. The van der Waals surface area contributed by atoms with E-state index in [4.69, 9.17) is 19.0 Å². The van der Waals surface area contributed by atoms with Gasteiger partial charge in [0.2, 0.25) is 0 Å². The number of ether oxygens (including phenoxy) is 2. The molecule has 19 heteroatoms. The van der Waals surface area contributed by atoms with Crippen molar-refractivity contribution in [2.75, 3.05) is 13.2 Å². The van der Waals surface area contributed by atoms with Gasteiger partial charge in [-0.2, -0.15) is 0 Å². The van der Waals surface area contributed by atoms with Gasteiger partial charge in [0.1, 0.15) is 24.7 Å². The number of aromatic amines is 2. The van der Waals surface area contributed by atoms with Crippen LogP contribution in [0.25, 0.3) is 0 Å². The largest absolute Gasteiger partial charge is 0.414 e. The van der Waals surface area contributed by atoms with Gasteiger partial charge in [0, 0.05) is 113 Å². The molecule has 14 nitrogen and oxygen atoms in total. The zero-order valence-electron chi connectivity index (χ0n) is 24.5. The van der Waals surface area contributed by atoms with Gasteiger partial charge >= 0.3 is 11.4 Å². The van der Waals surface area contributed by atoms with Crippen LogP contribution >= 0.6 is 45.2 Å². The number of rotatable bonds is 6. The van der Waals surface area contributed by atoms with Gasteiger partial charge in [-0.3, -0.25) is 28.7 Å². The summed E-state index contributed by atoms with van der Waals surface area (Å²) >= 11 is 3.66. The summed E-state index contributed by atoms with van der Waals surface area (Å²) in [5.74, 6) is 0. The standard InChI is InChI=1S/C15H25IN2O5Si.C9H11IN2O5.2Ac/c1-15(2,3)24(4,5)22-8-11-10(19)6-12(23-11)18-7-9(16)13(20)17-14(18)21;10-4-2-12(9(16)11-8(4)15)7-1-5(14)6(3-13)17-7;;/h7,10-12,19H,6,8H2,1-5H3,(H,17,20,21);2,5-7,13-14H,1,3H2,(H,11,15,16);;/t10-,11-,12-;5-,6-,7-;;/m11../s1. The van der Waals surface area contributed by atoms with Crippen LogP contribution in [0.4, 0.5) is 0 Å². The van der Waals surface area contributed by atoms with Crippen molar-refractivity contribution in [3.8, 4) is 0 Å². The van der Waals surface area contributed by atoms with E-state index in [0.29, 0.717) is 13.7 Å². The van der Waals surface area contributed by atoms with Crippen LogP contribution in [0.2, 0.25) is 18.1 Å². The third-order valence-electron chi connectivity index (χ3n) is 7.47. The molecular formula is C24H36Ac2I2N4O10Si. The average Bonchev–Trinajstić information content (AvgIpc) is 3.43. The van der Waals surface area contributed by atoms with Crippen LogP contribution in [-0.2, 0) is 13.9 Å². The van der Waals surface area contributed by atoms with Crippen molar-refractivity contribution >= 4 is 53.5 Å². The van der Waals surface area contributed by atoms with Crippen LogP contribution in [0.5, 0.6) is 0 Å². The summed E-state index contributed by atoms with van der Waals surface area (Å²) in [7, 11) is -1.94. The van der Waals surface area contributed by atoms with Gasteiger partial charge in [-0.15, -0.1) is 0 Å². The molecule has 0 aliphatic carbocycles. The van der Waals surface area contributed by atoms with E-state index < -0.39 is 67.7 Å². The Labute approximate surface area is 347 Å². The van der Waals surface area contributed by atoms with Crippen molar-refractivity contribution in [3.05, 3.63) is 61.2 Å². The second kappa shape index (κ2) is 17.9. The fraction of sp³-hybridized carbons (Fsp3) is 0.667. The smallest absolute Gasteiger partial charge is 0.330 e. The van der Waals surface area contributed by atoms with Gasteiger partial charge in [0.25, 0.3) is 11.1 Å². The van der Waals surface area contributed by atoms with Crippen molar-refractivity contribution in [1.82, 2.24) is 19.1 Å². The van der Waals surface area contributed by atoms with Crippen LogP contribution in [0, 0.1) is 95.3 Å². The molecular weight excluding hydrogens is 1240 g/mol. The quantitative estimate of drug-likeness (QED) is 0.202. The number of aromatic nitrogens is 4. The number of hydrogen-bond acceptors (Lipinski definition) is 10. The van der Waals surface area contributed by atoms with E-state index in [9.17, 15) is 29.4 Å². The molecule has 0 saturated carbocycles. The van der Waals surface area contributed by atoms with E-state index in [1.807, 2.05) is 22.6 Å². The molecule has 0 unspecified atom stereocenters. The molecule has 2 aromatic rings. The molecule has 5 N–H and O–H groups in total. The Morgan fingerprint density at radius 1 is 0.884 bits per heavy atom. The normalized spacial score (nSPS) is 25.3. The fourth-order valence-electron chi connectivity index (χ4n) is 3.94. The number of nitrogens with one attached hydrogen (secondary N) is 2. The molecule has 2 radical (unpaired) electrons. The Morgan fingerprint density at radius 2 is 1.28 bits per heavy atom. The number of hydrogen-bond donors (Lipinski definition) is 5. The summed E-state index contributed by atoms with van der Waals surface area (Å²) in [4.78, 5) is 50.6. The molecule has 2 saturated heterocycles. The molecule has 2 aromatic heterocycles. The molecule has 0 bridgehead atoms. The van der Waals surface area contributed by atoms with E-state index in [-0.39, 0.29) is 113 Å². The van der Waals surface area contributed by atoms with Crippen molar-refractivity contribution in [2.24, 2.45) is 0 Å². The van der Waals surface area contributed by atoms with E-state index in [1.165, 1.54) is 21.5 Å². The topological polar surface area (TPSA) is 198 Å². The second-order valence-electron chi connectivity index (χ2n) is 11.4. The Morgan fingerprint density at radius 3 is 1.65 bits per heavy atom. The van der Waals surface area contributed by atoms with Gasteiger partial charge in [-0.25, -0.2) is 9.59 Å². The summed E-state index contributed by atoms with van der Waals surface area (Å²) in [6, 6.07) is 0. The van der Waals surface area contributed by atoms with Crippen molar-refractivity contribution < 1.29 is 117 Å². The number of halogens is 2. The maximum Gasteiger partial charge on any atom is 0.330 e. The van der Waals surface area contributed by atoms with Crippen LogP contribution in [0.1, 0.15) is 46.1 Å². The molecule has 4 heterocycles. The molecule has 0 spiro atoms. The molecule has 2 aliphatic rings. The van der Waals surface area contributed by atoms with Crippen LogP contribution in [-0.4, -0.2) is 80.4 Å². The minimum Gasteiger partial charge on any atom is -0.414 e. The number of aliphatic hydroxyl groups is 3. The number of H-pyrrole nitrogens is 2. The summed E-state index contributed by atoms with van der Waals surface area (Å²) in [6.45, 7) is 10.7. The Balaban J connectivity index is 0.000000432. The van der Waals surface area contributed by atoms with E-state index in [2.05, 4.69) is 43.8 Å². The first-order valence-corrected chi connectivity index (χ1v) is 18.0. The molecule has 236 valence electrons. The summed E-state index contributed by atoms with van der Waals surface area (Å²) in [6.07, 6.45) is -0.670. The number of nitrogens with zero attached hydrogens (tertiary/aromatic N) is 2. The predicted octanol–water partition coefficient (Wildman–Crippen LogP) is 0.593. The van der Waals surface area contributed by atoms with Crippen molar-refractivity contribution in [1.29, 1.82) is 0 Å². The Bertz CT molecular complexity index is 1460. The van der Waals surface area contributed by atoms with E-state index in [1.54, 1.807) is 22.6 Å². The van der Waals surface area contributed by atoms with Crippen LogP contribution < -0.4 is 22.5 Å². The predicted molar refractivity (Wildman–Crippen MR) is 167 cm³/mol. The van der Waals surface area contributed by atoms with Gasteiger partial charge in [-0.1, -0.05) is 20.8 Å². The third kappa shape index (κ3) is 11.1.